The molecule has 1 N–H and O–H groups in total. The number of aromatic nitrogens is 2. The van der Waals surface area contributed by atoms with Crippen molar-refractivity contribution in [1.82, 2.24) is 14.9 Å². The van der Waals surface area contributed by atoms with E-state index >= 15 is 0 Å². The van der Waals surface area contributed by atoms with Crippen molar-refractivity contribution < 1.29 is 0 Å². The second kappa shape index (κ2) is 6.10. The second-order valence-electron chi connectivity index (χ2n) is 5.72. The molecule has 3 aromatic rings. The van der Waals surface area contributed by atoms with Gasteiger partial charge in [0.1, 0.15) is 0 Å². The van der Waals surface area contributed by atoms with Gasteiger partial charge < -0.3 is 9.88 Å². The third-order valence-electron chi connectivity index (χ3n) is 3.59. The van der Waals surface area contributed by atoms with E-state index in [0.29, 0.717) is 6.04 Å². The van der Waals surface area contributed by atoms with E-state index in [4.69, 9.17) is 0 Å². The Morgan fingerprint density at radius 1 is 1.05 bits per heavy atom. The number of fused-ring (bicyclic) bond motifs is 1. The summed E-state index contributed by atoms with van der Waals surface area (Å²) in [7, 11) is 0. The number of hydrogen-bond acceptors (Lipinski definition) is 2. The number of benzene rings is 2. The van der Waals surface area contributed by atoms with Crippen LogP contribution in [0.5, 0.6) is 0 Å². The van der Waals surface area contributed by atoms with Gasteiger partial charge in [-0.25, -0.2) is 4.98 Å². The van der Waals surface area contributed by atoms with Crippen LogP contribution < -0.4 is 5.32 Å². The summed E-state index contributed by atoms with van der Waals surface area (Å²) in [6.07, 6.45) is 1.92. The van der Waals surface area contributed by atoms with E-state index in [0.717, 1.165) is 18.6 Å². The third-order valence-corrected chi connectivity index (χ3v) is 3.59. The van der Waals surface area contributed by atoms with Crippen molar-refractivity contribution in [2.24, 2.45) is 0 Å². The van der Waals surface area contributed by atoms with Gasteiger partial charge in [0, 0.05) is 19.1 Å². The van der Waals surface area contributed by atoms with E-state index < -0.39 is 0 Å². The number of nitrogens with zero attached hydrogens (tertiary/aromatic N) is 2. The van der Waals surface area contributed by atoms with Crippen molar-refractivity contribution in [3.05, 3.63) is 66.0 Å². The van der Waals surface area contributed by atoms with Gasteiger partial charge in [-0.1, -0.05) is 50.2 Å². The summed E-state index contributed by atoms with van der Waals surface area (Å²) in [4.78, 5) is 4.45. The first kappa shape index (κ1) is 13.8. The van der Waals surface area contributed by atoms with Crippen molar-refractivity contribution in [3.8, 4) is 0 Å². The topological polar surface area (TPSA) is 29.9 Å². The summed E-state index contributed by atoms with van der Waals surface area (Å²) in [5.74, 6) is 0. The van der Waals surface area contributed by atoms with Crippen LogP contribution >= 0.6 is 0 Å². The second-order valence-corrected chi connectivity index (χ2v) is 5.72. The van der Waals surface area contributed by atoms with E-state index in [9.17, 15) is 0 Å². The largest absolute Gasteiger partial charge is 0.326 e. The van der Waals surface area contributed by atoms with E-state index in [-0.39, 0.29) is 0 Å². The van der Waals surface area contributed by atoms with Crippen LogP contribution in [0.2, 0.25) is 0 Å². The molecule has 0 aliphatic carbocycles. The molecule has 1 aromatic heterocycles. The van der Waals surface area contributed by atoms with Crippen LogP contribution in [0.3, 0.4) is 0 Å². The van der Waals surface area contributed by atoms with Gasteiger partial charge in [-0.15, -0.1) is 0 Å². The smallest absolute Gasteiger partial charge is 0.0961 e. The number of para-hydroxylation sites is 2. The van der Waals surface area contributed by atoms with Crippen LogP contribution in [-0.4, -0.2) is 15.6 Å². The average molecular weight is 279 g/mol. The van der Waals surface area contributed by atoms with Crippen LogP contribution in [0.15, 0.2) is 54.9 Å². The third kappa shape index (κ3) is 3.31. The summed E-state index contributed by atoms with van der Waals surface area (Å²) in [5.41, 5.74) is 4.87. The lowest BCUT2D eigenvalue weighted by Gasteiger charge is -2.10. The maximum Gasteiger partial charge on any atom is 0.0961 e. The number of nitrogens with one attached hydrogen (secondary N) is 1. The van der Waals surface area contributed by atoms with Crippen molar-refractivity contribution in [2.75, 3.05) is 0 Å². The number of hydrogen-bond donors (Lipinski definition) is 1. The minimum atomic E-state index is 0.506. The molecule has 0 fully saturated rings. The maximum absolute atomic E-state index is 4.45. The Morgan fingerprint density at radius 3 is 2.71 bits per heavy atom. The SMILES string of the molecule is CC(C)NCc1cccc(Cn2cnc3ccccc32)c1. The molecular formula is C18H21N3. The van der Waals surface area contributed by atoms with E-state index in [1.807, 2.05) is 12.4 Å². The Hall–Kier alpha value is -2.13. The van der Waals surface area contributed by atoms with Gasteiger partial charge >= 0.3 is 0 Å². The number of rotatable bonds is 5. The average Bonchev–Trinajstić information content (AvgIpc) is 2.89. The standard InChI is InChI=1S/C18H21N3/c1-14(2)19-11-15-6-5-7-16(10-15)12-21-13-20-17-8-3-4-9-18(17)21/h3-10,13-14,19H,11-12H2,1-2H3. The van der Waals surface area contributed by atoms with E-state index in [1.54, 1.807) is 0 Å². The summed E-state index contributed by atoms with van der Waals surface area (Å²) < 4.78 is 2.20. The lowest BCUT2D eigenvalue weighted by molar-refractivity contribution is 0.588. The highest BCUT2D eigenvalue weighted by molar-refractivity contribution is 5.75. The van der Waals surface area contributed by atoms with Crippen molar-refractivity contribution in [2.45, 2.75) is 33.0 Å². The summed E-state index contributed by atoms with van der Waals surface area (Å²) >= 11 is 0. The maximum atomic E-state index is 4.45. The van der Waals surface area contributed by atoms with Crippen LogP contribution in [0.25, 0.3) is 11.0 Å². The molecule has 3 nitrogen and oxygen atoms in total. The molecule has 21 heavy (non-hydrogen) atoms. The summed E-state index contributed by atoms with van der Waals surface area (Å²) in [6, 6.07) is 17.5. The molecule has 3 heteroatoms. The summed E-state index contributed by atoms with van der Waals surface area (Å²) in [5, 5.41) is 3.46. The monoisotopic (exact) mass is 279 g/mol. The molecule has 108 valence electrons. The molecular weight excluding hydrogens is 258 g/mol. The zero-order valence-corrected chi connectivity index (χ0v) is 12.6. The molecule has 0 atom stereocenters. The molecule has 1 heterocycles. The van der Waals surface area contributed by atoms with Gasteiger partial charge in [-0.2, -0.15) is 0 Å². The van der Waals surface area contributed by atoms with E-state index in [1.165, 1.54) is 16.6 Å². The predicted octanol–water partition coefficient (Wildman–Crippen LogP) is 3.58. The molecule has 0 saturated heterocycles. The van der Waals surface area contributed by atoms with Crippen LogP contribution in [-0.2, 0) is 13.1 Å². The zero-order chi connectivity index (χ0) is 14.7. The summed E-state index contributed by atoms with van der Waals surface area (Å²) in [6.45, 7) is 6.11. The fourth-order valence-electron chi connectivity index (χ4n) is 2.49. The minimum absolute atomic E-state index is 0.506. The van der Waals surface area contributed by atoms with Gasteiger partial charge in [0.2, 0.25) is 0 Å². The molecule has 0 aliphatic heterocycles. The Bertz CT molecular complexity index is 728. The molecule has 3 rings (SSSR count). The van der Waals surface area contributed by atoms with Crippen molar-refractivity contribution in [1.29, 1.82) is 0 Å². The Balaban J connectivity index is 1.80. The molecule has 0 spiro atoms. The number of imidazole rings is 1. The minimum Gasteiger partial charge on any atom is -0.326 e. The van der Waals surface area contributed by atoms with Gasteiger partial charge in [-0.05, 0) is 23.3 Å². The molecule has 0 unspecified atom stereocenters. The highest BCUT2D eigenvalue weighted by Gasteiger charge is 2.03. The lowest BCUT2D eigenvalue weighted by atomic mass is 10.1. The Kier molecular flexibility index (Phi) is 4.02. The first-order chi connectivity index (χ1) is 10.2. The molecule has 0 bridgehead atoms. The molecule has 0 saturated carbocycles. The molecule has 0 aliphatic rings. The van der Waals surface area contributed by atoms with Crippen LogP contribution in [0.1, 0.15) is 25.0 Å². The fraction of sp³-hybridized carbons (Fsp3) is 0.278. The lowest BCUT2D eigenvalue weighted by Crippen LogP contribution is -2.21. The zero-order valence-electron chi connectivity index (χ0n) is 12.6. The molecule has 0 amide bonds. The molecule has 0 radical (unpaired) electrons. The highest BCUT2D eigenvalue weighted by atomic mass is 15.0. The normalized spacial score (nSPS) is 11.4. The molecule has 2 aromatic carbocycles. The van der Waals surface area contributed by atoms with E-state index in [2.05, 4.69) is 71.2 Å². The Morgan fingerprint density at radius 2 is 1.86 bits per heavy atom. The van der Waals surface area contributed by atoms with Gasteiger partial charge in [0.15, 0.2) is 0 Å². The predicted molar refractivity (Wildman–Crippen MR) is 87.3 cm³/mol. The van der Waals surface area contributed by atoms with Crippen molar-refractivity contribution in [3.63, 3.8) is 0 Å². The van der Waals surface area contributed by atoms with Gasteiger partial charge in [0.05, 0.1) is 17.4 Å². The quantitative estimate of drug-likeness (QED) is 0.773. The van der Waals surface area contributed by atoms with Crippen LogP contribution in [0, 0.1) is 0 Å². The van der Waals surface area contributed by atoms with Crippen LogP contribution in [0.4, 0.5) is 0 Å². The van der Waals surface area contributed by atoms with Crippen molar-refractivity contribution >= 4 is 11.0 Å². The fourth-order valence-corrected chi connectivity index (χ4v) is 2.49. The van der Waals surface area contributed by atoms with Gasteiger partial charge in [-0.3, -0.25) is 0 Å². The first-order valence-corrected chi connectivity index (χ1v) is 7.43. The Labute approximate surface area is 125 Å². The van der Waals surface area contributed by atoms with Gasteiger partial charge in [0.25, 0.3) is 0 Å². The first-order valence-electron chi connectivity index (χ1n) is 7.43. The highest BCUT2D eigenvalue weighted by Crippen LogP contribution is 2.14.